The number of esters is 1. The highest BCUT2D eigenvalue weighted by atomic mass is 16.5. The highest BCUT2D eigenvalue weighted by molar-refractivity contribution is 6.08. The number of benzene rings is 1. The molecule has 0 atom stereocenters. The van der Waals surface area contributed by atoms with Crippen LogP contribution >= 0.6 is 0 Å². The lowest BCUT2D eigenvalue weighted by Gasteiger charge is -2.05. The molecule has 92 valence electrons. The average Bonchev–Trinajstić information content (AvgIpc) is 2.57. The second-order valence-corrected chi connectivity index (χ2v) is 4.27. The van der Waals surface area contributed by atoms with Crippen LogP contribution in [0.4, 0.5) is 0 Å². The van der Waals surface area contributed by atoms with Crippen molar-refractivity contribution in [3.05, 3.63) is 52.8 Å². The molecule has 2 rings (SSSR count). The molecule has 0 aromatic heterocycles. The summed E-state index contributed by atoms with van der Waals surface area (Å²) in [4.78, 5) is 22.9. The third-order valence-corrected chi connectivity index (χ3v) is 2.71. The molecule has 18 heavy (non-hydrogen) atoms. The summed E-state index contributed by atoms with van der Waals surface area (Å²) in [5.41, 5.74) is 2.20. The first kappa shape index (κ1) is 12.3. The van der Waals surface area contributed by atoms with Gasteiger partial charge in [-0.1, -0.05) is 30.3 Å². The fraction of sp³-hybridized carbons (Fsp3) is 0.200. The Hall–Kier alpha value is -2.16. The zero-order valence-corrected chi connectivity index (χ0v) is 10.4. The molecule has 0 heterocycles. The Morgan fingerprint density at radius 3 is 2.56 bits per heavy atom. The molecule has 1 aromatic rings. The van der Waals surface area contributed by atoms with E-state index in [0.717, 1.165) is 11.1 Å². The van der Waals surface area contributed by atoms with Crippen LogP contribution in [0.5, 0.6) is 0 Å². The zero-order valence-electron chi connectivity index (χ0n) is 10.4. The van der Waals surface area contributed by atoms with Gasteiger partial charge >= 0.3 is 5.97 Å². The Morgan fingerprint density at radius 2 is 1.94 bits per heavy atom. The van der Waals surface area contributed by atoms with E-state index < -0.39 is 5.97 Å². The lowest BCUT2D eigenvalue weighted by molar-refractivity contribution is -0.136. The van der Waals surface area contributed by atoms with Gasteiger partial charge in [-0.25, -0.2) is 0 Å². The molecule has 1 aliphatic carbocycles. The van der Waals surface area contributed by atoms with Gasteiger partial charge in [-0.15, -0.1) is 0 Å². The van der Waals surface area contributed by atoms with Crippen LogP contribution < -0.4 is 0 Å². The van der Waals surface area contributed by atoms with Gasteiger partial charge in [0, 0.05) is 13.3 Å². The first-order valence-electron chi connectivity index (χ1n) is 5.76. The van der Waals surface area contributed by atoms with Gasteiger partial charge in [0.05, 0.1) is 5.57 Å². The predicted octanol–water partition coefficient (Wildman–Crippen LogP) is 2.88. The quantitative estimate of drug-likeness (QED) is 0.591. The van der Waals surface area contributed by atoms with Crippen LogP contribution in [0, 0.1) is 0 Å². The summed E-state index contributed by atoms with van der Waals surface area (Å²) < 4.78 is 5.13. The molecule has 0 fully saturated rings. The maximum absolute atomic E-state index is 11.9. The van der Waals surface area contributed by atoms with E-state index >= 15 is 0 Å². The fourth-order valence-corrected chi connectivity index (χ4v) is 1.92. The fourth-order valence-electron chi connectivity index (χ4n) is 1.92. The lowest BCUT2D eigenvalue weighted by atomic mass is 10.1. The Morgan fingerprint density at radius 1 is 1.28 bits per heavy atom. The molecule has 0 saturated heterocycles. The second kappa shape index (κ2) is 5.00. The van der Waals surface area contributed by atoms with Gasteiger partial charge in [-0.2, -0.15) is 0 Å². The van der Waals surface area contributed by atoms with Crippen LogP contribution in [0.3, 0.4) is 0 Å². The Kier molecular flexibility index (Phi) is 3.42. The second-order valence-electron chi connectivity index (χ2n) is 4.27. The summed E-state index contributed by atoms with van der Waals surface area (Å²) in [5, 5.41) is 0. The molecule has 0 bridgehead atoms. The summed E-state index contributed by atoms with van der Waals surface area (Å²) in [7, 11) is 0. The van der Waals surface area contributed by atoms with Crippen molar-refractivity contribution in [2.45, 2.75) is 20.3 Å². The van der Waals surface area contributed by atoms with E-state index in [4.69, 9.17) is 4.74 Å². The molecule has 0 radical (unpaired) electrons. The van der Waals surface area contributed by atoms with Crippen molar-refractivity contribution in [1.29, 1.82) is 0 Å². The number of allylic oxidation sites excluding steroid dienone is 2. The lowest BCUT2D eigenvalue weighted by Crippen LogP contribution is -2.03. The molecular weight excluding hydrogens is 228 g/mol. The maximum atomic E-state index is 11.9. The minimum absolute atomic E-state index is 0.00685. The summed E-state index contributed by atoms with van der Waals surface area (Å²) in [5.74, 6) is 0.00182. The number of carbonyl (C=O) groups is 2. The van der Waals surface area contributed by atoms with Gasteiger partial charge in [0.15, 0.2) is 5.78 Å². The van der Waals surface area contributed by atoms with Crippen LogP contribution in [0.2, 0.25) is 0 Å². The van der Waals surface area contributed by atoms with Crippen molar-refractivity contribution in [3.63, 3.8) is 0 Å². The Balaban J connectivity index is 2.39. The van der Waals surface area contributed by atoms with E-state index in [2.05, 4.69) is 0 Å². The van der Waals surface area contributed by atoms with Crippen LogP contribution in [-0.2, 0) is 14.3 Å². The number of ether oxygens (including phenoxy) is 1. The average molecular weight is 242 g/mol. The number of rotatable bonds is 2. The molecule has 0 aliphatic heterocycles. The third kappa shape index (κ3) is 2.56. The van der Waals surface area contributed by atoms with E-state index in [1.54, 1.807) is 6.08 Å². The highest BCUT2D eigenvalue weighted by Gasteiger charge is 2.27. The van der Waals surface area contributed by atoms with Crippen molar-refractivity contribution >= 4 is 17.8 Å². The van der Waals surface area contributed by atoms with Crippen molar-refractivity contribution in [2.24, 2.45) is 0 Å². The molecule has 0 N–H and O–H groups in total. The molecule has 3 nitrogen and oxygen atoms in total. The van der Waals surface area contributed by atoms with E-state index in [-0.39, 0.29) is 5.78 Å². The van der Waals surface area contributed by atoms with E-state index in [9.17, 15) is 9.59 Å². The number of carbonyl (C=O) groups excluding carboxylic acids is 2. The molecular formula is C15H14O3. The molecule has 0 unspecified atom stereocenters. The van der Waals surface area contributed by atoms with Crippen LogP contribution in [0.25, 0.3) is 6.08 Å². The van der Waals surface area contributed by atoms with Gasteiger partial charge < -0.3 is 4.74 Å². The minimum Gasteiger partial charge on any atom is -0.426 e. The first-order valence-corrected chi connectivity index (χ1v) is 5.76. The topological polar surface area (TPSA) is 43.4 Å². The molecule has 0 amide bonds. The van der Waals surface area contributed by atoms with E-state index in [1.165, 1.54) is 6.92 Å². The van der Waals surface area contributed by atoms with Gasteiger partial charge in [-0.05, 0) is 24.1 Å². The van der Waals surface area contributed by atoms with Gasteiger partial charge in [0.25, 0.3) is 0 Å². The predicted molar refractivity (Wildman–Crippen MR) is 68.5 cm³/mol. The number of Topliss-reactive ketones (excluding diaryl/α,β-unsaturated/α-hetero) is 1. The summed E-state index contributed by atoms with van der Waals surface area (Å²) in [6, 6.07) is 9.51. The molecule has 1 aromatic carbocycles. The maximum Gasteiger partial charge on any atom is 0.308 e. The number of hydrogen-bond donors (Lipinski definition) is 0. The highest BCUT2D eigenvalue weighted by Crippen LogP contribution is 2.30. The number of ketones is 1. The summed E-state index contributed by atoms with van der Waals surface area (Å²) in [6.45, 7) is 3.14. The zero-order chi connectivity index (χ0) is 13.1. The molecule has 3 heteroatoms. The standard InChI is InChI=1S/C15H14O3/c1-10-8-14(17)13(15(10)18-11(2)16)9-12-6-4-3-5-7-12/h3-7,9H,8H2,1-2H3. The smallest absolute Gasteiger partial charge is 0.308 e. The van der Waals surface area contributed by atoms with E-state index in [1.807, 2.05) is 37.3 Å². The largest absolute Gasteiger partial charge is 0.426 e. The van der Waals surface area contributed by atoms with Crippen LogP contribution in [-0.4, -0.2) is 11.8 Å². The van der Waals surface area contributed by atoms with Crippen molar-refractivity contribution in [2.75, 3.05) is 0 Å². The Labute approximate surface area is 106 Å². The van der Waals surface area contributed by atoms with Crippen LogP contribution in [0.15, 0.2) is 47.2 Å². The monoisotopic (exact) mass is 242 g/mol. The number of hydrogen-bond acceptors (Lipinski definition) is 3. The van der Waals surface area contributed by atoms with Crippen molar-refractivity contribution in [1.82, 2.24) is 0 Å². The normalized spacial score (nSPS) is 17.4. The van der Waals surface area contributed by atoms with Gasteiger partial charge in [-0.3, -0.25) is 9.59 Å². The van der Waals surface area contributed by atoms with E-state index in [0.29, 0.717) is 17.8 Å². The summed E-state index contributed by atoms with van der Waals surface area (Å²) >= 11 is 0. The van der Waals surface area contributed by atoms with Crippen molar-refractivity contribution in [3.8, 4) is 0 Å². The molecule has 1 aliphatic rings. The SMILES string of the molecule is CC(=O)OC1=C(C)CC(=O)C1=Cc1ccccc1. The van der Waals surface area contributed by atoms with Gasteiger partial charge in [0.1, 0.15) is 5.76 Å². The van der Waals surface area contributed by atoms with Gasteiger partial charge in [0.2, 0.25) is 0 Å². The minimum atomic E-state index is -0.405. The van der Waals surface area contributed by atoms with Crippen molar-refractivity contribution < 1.29 is 14.3 Å². The first-order chi connectivity index (χ1) is 8.58. The molecule has 0 saturated carbocycles. The Bertz CT molecular complexity index is 550. The summed E-state index contributed by atoms with van der Waals surface area (Å²) in [6.07, 6.45) is 2.08. The third-order valence-electron chi connectivity index (χ3n) is 2.71. The molecule has 0 spiro atoms. The van der Waals surface area contributed by atoms with Crippen LogP contribution in [0.1, 0.15) is 25.8 Å².